The van der Waals surface area contributed by atoms with Crippen molar-refractivity contribution in [3.8, 4) is 0 Å². The van der Waals surface area contributed by atoms with E-state index in [0.717, 1.165) is 11.3 Å². The lowest BCUT2D eigenvalue weighted by atomic mass is 10.1. The normalized spacial score (nSPS) is 10.3. The fourth-order valence-electron chi connectivity index (χ4n) is 2.64. The van der Waals surface area contributed by atoms with Gasteiger partial charge in [0.15, 0.2) is 6.61 Å². The number of esters is 1. The van der Waals surface area contributed by atoms with Crippen LogP contribution in [0.4, 0.5) is 11.4 Å². The third-order valence-corrected chi connectivity index (χ3v) is 4.27. The van der Waals surface area contributed by atoms with Crippen LogP contribution in [0, 0.1) is 17.0 Å². The summed E-state index contributed by atoms with van der Waals surface area (Å²) in [5, 5.41) is 11.2. The van der Waals surface area contributed by atoms with Gasteiger partial charge in [-0.1, -0.05) is 24.3 Å². The predicted molar refractivity (Wildman–Crippen MR) is 105 cm³/mol. The molecule has 0 saturated carbocycles. The van der Waals surface area contributed by atoms with Gasteiger partial charge in [-0.05, 0) is 30.7 Å². The Hall–Kier alpha value is -3.42. The van der Waals surface area contributed by atoms with Crippen molar-refractivity contribution < 1.29 is 19.2 Å². The molecule has 0 spiro atoms. The van der Waals surface area contributed by atoms with Gasteiger partial charge in [0.05, 0.1) is 4.92 Å². The van der Waals surface area contributed by atoms with E-state index < -0.39 is 23.4 Å². The van der Waals surface area contributed by atoms with E-state index in [1.54, 1.807) is 7.05 Å². The highest BCUT2D eigenvalue weighted by Gasteiger charge is 2.24. The van der Waals surface area contributed by atoms with Crippen LogP contribution in [0.5, 0.6) is 0 Å². The molecule has 2 aromatic rings. The minimum Gasteiger partial charge on any atom is -0.452 e. The number of nitrogens with zero attached hydrogens (tertiary/aromatic N) is 3. The van der Waals surface area contributed by atoms with Crippen molar-refractivity contribution in [2.75, 3.05) is 32.6 Å². The number of likely N-dealkylation sites (N-methyl/N-ethyl adjacent to an activating group) is 1. The quantitative estimate of drug-likeness (QED) is 0.413. The third kappa shape index (κ3) is 5.06. The topological polar surface area (TPSA) is 93.0 Å². The summed E-state index contributed by atoms with van der Waals surface area (Å²) in [6.07, 6.45) is 0. The van der Waals surface area contributed by atoms with Gasteiger partial charge in [-0.25, -0.2) is 4.79 Å². The van der Waals surface area contributed by atoms with E-state index >= 15 is 0 Å². The number of anilines is 1. The van der Waals surface area contributed by atoms with Crippen LogP contribution in [-0.2, 0) is 16.1 Å². The summed E-state index contributed by atoms with van der Waals surface area (Å²) in [6.45, 7) is 1.40. The van der Waals surface area contributed by atoms with Crippen LogP contribution in [-0.4, -0.2) is 49.4 Å². The van der Waals surface area contributed by atoms with Crippen LogP contribution in [0.2, 0.25) is 0 Å². The number of hydrogen-bond acceptors (Lipinski definition) is 6. The minimum absolute atomic E-state index is 0.167. The monoisotopic (exact) mass is 385 g/mol. The van der Waals surface area contributed by atoms with Crippen molar-refractivity contribution in [3.05, 3.63) is 69.3 Å². The number of carbonyl (C=O) groups is 2. The second-order valence-electron chi connectivity index (χ2n) is 6.61. The summed E-state index contributed by atoms with van der Waals surface area (Å²) >= 11 is 0. The average molecular weight is 385 g/mol. The Morgan fingerprint density at radius 1 is 1.07 bits per heavy atom. The number of rotatable bonds is 7. The maximum atomic E-state index is 12.3. The molecule has 2 rings (SSSR count). The molecule has 0 aliphatic heterocycles. The Balaban J connectivity index is 1.97. The highest BCUT2D eigenvalue weighted by atomic mass is 16.6. The summed E-state index contributed by atoms with van der Waals surface area (Å²) in [7, 11) is 5.49. The number of para-hydroxylation sites is 1. The molecule has 2 aromatic carbocycles. The number of hydrogen-bond donors (Lipinski definition) is 0. The molecule has 8 nitrogen and oxygen atoms in total. The first-order valence-electron chi connectivity index (χ1n) is 8.62. The summed E-state index contributed by atoms with van der Waals surface area (Å²) in [4.78, 5) is 38.4. The van der Waals surface area contributed by atoms with Gasteiger partial charge in [-0.15, -0.1) is 0 Å². The summed E-state index contributed by atoms with van der Waals surface area (Å²) < 4.78 is 5.00. The Kier molecular flexibility index (Phi) is 6.70. The lowest BCUT2D eigenvalue weighted by molar-refractivity contribution is -0.385. The van der Waals surface area contributed by atoms with E-state index in [4.69, 9.17) is 4.74 Å². The van der Waals surface area contributed by atoms with Gasteiger partial charge in [-0.2, -0.15) is 0 Å². The molecule has 0 heterocycles. The molecule has 8 heteroatoms. The Morgan fingerprint density at radius 2 is 1.71 bits per heavy atom. The van der Waals surface area contributed by atoms with Crippen molar-refractivity contribution in [2.24, 2.45) is 0 Å². The molecule has 0 N–H and O–H groups in total. The largest absolute Gasteiger partial charge is 0.452 e. The van der Waals surface area contributed by atoms with Gasteiger partial charge in [-0.3, -0.25) is 14.9 Å². The van der Waals surface area contributed by atoms with Crippen molar-refractivity contribution in [1.29, 1.82) is 0 Å². The fourth-order valence-corrected chi connectivity index (χ4v) is 2.64. The third-order valence-electron chi connectivity index (χ3n) is 4.27. The zero-order valence-corrected chi connectivity index (χ0v) is 16.3. The van der Waals surface area contributed by atoms with Gasteiger partial charge < -0.3 is 14.5 Å². The first-order valence-corrected chi connectivity index (χ1v) is 8.62. The SMILES string of the molecule is Cc1cccc(C(=O)OCC(=O)N(C)Cc2ccc(N(C)C)cc2)c1[N+](=O)[O-]. The average Bonchev–Trinajstić information content (AvgIpc) is 2.65. The number of nitro groups is 1. The van der Waals surface area contributed by atoms with Gasteiger partial charge >= 0.3 is 5.97 Å². The molecule has 1 amide bonds. The van der Waals surface area contributed by atoms with Crippen molar-refractivity contribution in [2.45, 2.75) is 13.5 Å². The van der Waals surface area contributed by atoms with Crippen LogP contribution in [0.3, 0.4) is 0 Å². The van der Waals surface area contributed by atoms with Crippen molar-refractivity contribution in [1.82, 2.24) is 4.90 Å². The zero-order chi connectivity index (χ0) is 20.8. The molecule has 0 fully saturated rings. The van der Waals surface area contributed by atoms with Crippen molar-refractivity contribution in [3.63, 3.8) is 0 Å². The van der Waals surface area contributed by atoms with Crippen LogP contribution >= 0.6 is 0 Å². The molecule has 148 valence electrons. The Labute approximate surface area is 163 Å². The van der Waals surface area contributed by atoms with E-state index in [9.17, 15) is 19.7 Å². The lowest BCUT2D eigenvalue weighted by Crippen LogP contribution is -2.31. The molecule has 0 aliphatic rings. The van der Waals surface area contributed by atoms with Crippen LogP contribution in [0.15, 0.2) is 42.5 Å². The molecule has 0 aliphatic carbocycles. The maximum absolute atomic E-state index is 12.3. The van der Waals surface area contributed by atoms with Gasteiger partial charge in [0.2, 0.25) is 0 Å². The maximum Gasteiger partial charge on any atom is 0.345 e. The van der Waals surface area contributed by atoms with E-state index in [1.165, 1.54) is 30.0 Å². The summed E-state index contributed by atoms with van der Waals surface area (Å²) in [5.41, 5.74) is 1.85. The number of benzene rings is 2. The zero-order valence-electron chi connectivity index (χ0n) is 16.3. The van der Waals surface area contributed by atoms with Crippen LogP contribution in [0.25, 0.3) is 0 Å². The molecular formula is C20H23N3O5. The van der Waals surface area contributed by atoms with Crippen LogP contribution in [0.1, 0.15) is 21.5 Å². The number of aryl methyl sites for hydroxylation is 1. The first kappa shape index (κ1) is 20.9. The van der Waals surface area contributed by atoms with E-state index in [2.05, 4.69) is 0 Å². The minimum atomic E-state index is -0.896. The van der Waals surface area contributed by atoms with Crippen LogP contribution < -0.4 is 4.90 Å². The van der Waals surface area contributed by atoms with Crippen molar-refractivity contribution >= 4 is 23.3 Å². The van der Waals surface area contributed by atoms with E-state index in [-0.39, 0.29) is 11.3 Å². The van der Waals surface area contributed by atoms with E-state index in [1.807, 2.05) is 43.3 Å². The Bertz CT molecular complexity index is 878. The smallest absolute Gasteiger partial charge is 0.345 e. The molecule has 0 atom stereocenters. The molecule has 0 unspecified atom stereocenters. The van der Waals surface area contributed by atoms with Gasteiger partial charge in [0, 0.05) is 38.9 Å². The lowest BCUT2D eigenvalue weighted by Gasteiger charge is -2.18. The highest BCUT2D eigenvalue weighted by molar-refractivity contribution is 5.95. The molecule has 0 radical (unpaired) electrons. The van der Waals surface area contributed by atoms with Gasteiger partial charge in [0.1, 0.15) is 5.56 Å². The second-order valence-corrected chi connectivity index (χ2v) is 6.61. The van der Waals surface area contributed by atoms with Gasteiger partial charge in [0.25, 0.3) is 11.6 Å². The predicted octanol–water partition coefficient (Wildman–Crippen LogP) is 2.78. The fraction of sp³-hybridized carbons (Fsp3) is 0.300. The standard InChI is InChI=1S/C20H23N3O5/c1-14-6-5-7-17(19(14)23(26)27)20(25)28-13-18(24)22(4)12-15-8-10-16(11-9-15)21(2)3/h5-11H,12-13H2,1-4H3. The van der Waals surface area contributed by atoms with E-state index in [0.29, 0.717) is 12.1 Å². The molecule has 0 saturated heterocycles. The Morgan fingerprint density at radius 3 is 2.29 bits per heavy atom. The number of amides is 1. The highest BCUT2D eigenvalue weighted by Crippen LogP contribution is 2.23. The number of ether oxygens (including phenoxy) is 1. The molecule has 0 aromatic heterocycles. The summed E-state index contributed by atoms with van der Waals surface area (Å²) in [6, 6.07) is 12.1. The molecular weight excluding hydrogens is 362 g/mol. The summed E-state index contributed by atoms with van der Waals surface area (Å²) in [5.74, 6) is -1.30. The number of nitro benzene ring substituents is 1. The molecule has 0 bridgehead atoms. The molecule has 28 heavy (non-hydrogen) atoms. The number of carbonyl (C=O) groups excluding carboxylic acids is 2. The second kappa shape index (κ2) is 8.98. The first-order chi connectivity index (χ1) is 13.2.